The van der Waals surface area contributed by atoms with Gasteiger partial charge >= 0.3 is 0 Å². The molecule has 1 saturated carbocycles. The molecule has 0 atom stereocenters. The Morgan fingerprint density at radius 2 is 1.78 bits per heavy atom. The summed E-state index contributed by atoms with van der Waals surface area (Å²) in [6.07, 6.45) is 6.19. The van der Waals surface area contributed by atoms with Crippen molar-refractivity contribution < 1.29 is 0 Å². The first-order chi connectivity index (χ1) is 8.86. The Kier molecular flexibility index (Phi) is 2.05. The topological polar surface area (TPSA) is 4.93 Å². The number of fused-ring (bicyclic) bond motifs is 2. The van der Waals surface area contributed by atoms with Gasteiger partial charge < -0.3 is 4.57 Å². The van der Waals surface area contributed by atoms with Crippen LogP contribution in [0.5, 0.6) is 0 Å². The largest absolute Gasteiger partial charge is 0.347 e. The predicted octanol–water partition coefficient (Wildman–Crippen LogP) is 4.69. The molecule has 0 spiro atoms. The molecule has 0 radical (unpaired) electrons. The fourth-order valence-corrected chi connectivity index (χ4v) is 3.03. The smallest absolute Gasteiger partial charge is 0.0335 e. The van der Waals surface area contributed by atoms with Crippen molar-refractivity contribution >= 4 is 21.5 Å². The van der Waals surface area contributed by atoms with E-state index >= 15 is 0 Å². The lowest BCUT2D eigenvalue weighted by atomic mass is 10.1. The molecule has 0 amide bonds. The molecule has 0 N–H and O–H groups in total. The van der Waals surface area contributed by atoms with Crippen LogP contribution in [-0.2, 0) is 6.42 Å². The maximum atomic E-state index is 2.52. The lowest BCUT2D eigenvalue weighted by molar-refractivity contribution is 0.707. The molecule has 1 heterocycles. The van der Waals surface area contributed by atoms with Crippen LogP contribution in [0.3, 0.4) is 0 Å². The first-order valence-corrected chi connectivity index (χ1v) is 6.89. The van der Waals surface area contributed by atoms with E-state index in [0.29, 0.717) is 0 Å². The first kappa shape index (κ1) is 10.2. The number of hydrogen-bond donors (Lipinski definition) is 0. The van der Waals surface area contributed by atoms with Crippen LogP contribution in [-0.4, -0.2) is 4.57 Å². The van der Waals surface area contributed by atoms with Crippen molar-refractivity contribution in [1.82, 2.24) is 4.57 Å². The summed E-state index contributed by atoms with van der Waals surface area (Å²) >= 11 is 0. The quantitative estimate of drug-likeness (QED) is 0.607. The van der Waals surface area contributed by atoms with E-state index in [1.807, 2.05) is 0 Å². The van der Waals surface area contributed by atoms with E-state index in [1.165, 1.54) is 40.1 Å². The Labute approximate surface area is 107 Å². The maximum Gasteiger partial charge on any atom is 0.0335 e. The fraction of sp³-hybridized carbons (Fsp3) is 0.294. The first-order valence-electron chi connectivity index (χ1n) is 6.89. The number of nitrogens with zero attached hydrogens (tertiary/aromatic N) is 1. The zero-order chi connectivity index (χ0) is 12.1. The van der Waals surface area contributed by atoms with Crippen molar-refractivity contribution in [2.45, 2.75) is 32.2 Å². The van der Waals surface area contributed by atoms with E-state index in [4.69, 9.17) is 0 Å². The summed E-state index contributed by atoms with van der Waals surface area (Å²) in [5, 5.41) is 5.55. The van der Waals surface area contributed by atoms with Crippen LogP contribution >= 0.6 is 0 Å². The van der Waals surface area contributed by atoms with Crippen LogP contribution in [0.4, 0.5) is 0 Å². The molecular formula is C17H17N. The third-order valence-corrected chi connectivity index (χ3v) is 4.09. The number of aryl methyl sites for hydroxylation is 1. The molecule has 1 aliphatic carbocycles. The summed E-state index contributed by atoms with van der Waals surface area (Å²) in [6.45, 7) is 2.27. The molecule has 90 valence electrons. The Balaban J connectivity index is 2.08. The Hall–Kier alpha value is -1.76. The van der Waals surface area contributed by atoms with Crippen LogP contribution in [0.15, 0.2) is 42.6 Å². The van der Waals surface area contributed by atoms with Crippen LogP contribution in [0.1, 0.15) is 31.5 Å². The van der Waals surface area contributed by atoms with E-state index in [9.17, 15) is 0 Å². The van der Waals surface area contributed by atoms with E-state index in [0.717, 1.165) is 12.5 Å². The molecule has 0 bridgehead atoms. The van der Waals surface area contributed by atoms with Gasteiger partial charge in [0.25, 0.3) is 0 Å². The molecule has 1 aliphatic rings. The molecule has 1 aromatic heterocycles. The SMILES string of the molecule is CCc1c2cc3ccccc3cc2cn1C1CC1. The second kappa shape index (κ2) is 3.61. The highest BCUT2D eigenvalue weighted by Gasteiger charge is 2.25. The Morgan fingerprint density at radius 3 is 2.44 bits per heavy atom. The monoisotopic (exact) mass is 235 g/mol. The summed E-state index contributed by atoms with van der Waals surface area (Å²) in [4.78, 5) is 0. The zero-order valence-corrected chi connectivity index (χ0v) is 10.7. The normalized spacial score (nSPS) is 15.6. The zero-order valence-electron chi connectivity index (χ0n) is 10.7. The third-order valence-electron chi connectivity index (χ3n) is 4.09. The van der Waals surface area contributed by atoms with Crippen molar-refractivity contribution in [3.05, 3.63) is 48.3 Å². The molecule has 0 saturated heterocycles. The second-order valence-corrected chi connectivity index (χ2v) is 5.35. The van der Waals surface area contributed by atoms with Gasteiger partial charge in [0.2, 0.25) is 0 Å². The molecule has 1 fully saturated rings. The molecule has 3 aromatic rings. The highest BCUT2D eigenvalue weighted by molar-refractivity contribution is 5.99. The van der Waals surface area contributed by atoms with Gasteiger partial charge in [-0.15, -0.1) is 0 Å². The average Bonchev–Trinajstić information content (AvgIpc) is 3.18. The van der Waals surface area contributed by atoms with E-state index in [2.05, 4.69) is 54.1 Å². The van der Waals surface area contributed by atoms with Gasteiger partial charge in [-0.1, -0.05) is 31.2 Å². The highest BCUT2D eigenvalue weighted by atomic mass is 15.0. The van der Waals surface area contributed by atoms with E-state index < -0.39 is 0 Å². The molecule has 1 nitrogen and oxygen atoms in total. The van der Waals surface area contributed by atoms with Crippen molar-refractivity contribution in [1.29, 1.82) is 0 Å². The minimum Gasteiger partial charge on any atom is -0.347 e. The molecule has 0 aliphatic heterocycles. The van der Waals surface area contributed by atoms with Gasteiger partial charge in [-0.3, -0.25) is 0 Å². The highest BCUT2D eigenvalue weighted by Crippen LogP contribution is 2.39. The Morgan fingerprint density at radius 1 is 1.06 bits per heavy atom. The molecule has 0 unspecified atom stereocenters. The minimum atomic E-state index is 0.774. The molecule has 18 heavy (non-hydrogen) atoms. The average molecular weight is 235 g/mol. The van der Waals surface area contributed by atoms with E-state index in [-0.39, 0.29) is 0 Å². The predicted molar refractivity (Wildman–Crippen MR) is 77.1 cm³/mol. The minimum absolute atomic E-state index is 0.774. The van der Waals surface area contributed by atoms with Gasteiger partial charge in [-0.2, -0.15) is 0 Å². The third kappa shape index (κ3) is 1.40. The van der Waals surface area contributed by atoms with Crippen molar-refractivity contribution in [2.75, 3.05) is 0 Å². The second-order valence-electron chi connectivity index (χ2n) is 5.35. The summed E-state index contributed by atoms with van der Waals surface area (Å²) in [5.74, 6) is 0. The van der Waals surface area contributed by atoms with Gasteiger partial charge in [0.1, 0.15) is 0 Å². The van der Waals surface area contributed by atoms with Crippen LogP contribution in [0, 0.1) is 0 Å². The molecule has 4 rings (SSSR count). The fourth-order valence-electron chi connectivity index (χ4n) is 3.03. The van der Waals surface area contributed by atoms with Crippen molar-refractivity contribution in [3.8, 4) is 0 Å². The van der Waals surface area contributed by atoms with Gasteiger partial charge in [0.05, 0.1) is 0 Å². The summed E-state index contributed by atoms with van der Waals surface area (Å²) < 4.78 is 2.52. The molecular weight excluding hydrogens is 218 g/mol. The molecule has 2 aromatic carbocycles. The van der Waals surface area contributed by atoms with Gasteiger partial charge in [-0.05, 0) is 42.2 Å². The standard InChI is InChI=1S/C17H17N/c1-2-17-16-10-13-6-4-3-5-12(13)9-14(16)11-18(17)15-7-8-15/h3-6,9-11,15H,2,7-8H2,1H3. The molecule has 1 heteroatoms. The number of rotatable bonds is 2. The van der Waals surface area contributed by atoms with Crippen LogP contribution in [0.2, 0.25) is 0 Å². The lowest BCUT2D eigenvalue weighted by Crippen LogP contribution is -1.97. The van der Waals surface area contributed by atoms with Gasteiger partial charge in [0.15, 0.2) is 0 Å². The van der Waals surface area contributed by atoms with Crippen LogP contribution < -0.4 is 0 Å². The van der Waals surface area contributed by atoms with Gasteiger partial charge in [-0.25, -0.2) is 0 Å². The summed E-state index contributed by atoms with van der Waals surface area (Å²) in [6, 6.07) is 14.1. The summed E-state index contributed by atoms with van der Waals surface area (Å²) in [5.41, 5.74) is 1.51. The summed E-state index contributed by atoms with van der Waals surface area (Å²) in [7, 11) is 0. The lowest BCUT2D eigenvalue weighted by Gasteiger charge is -2.05. The van der Waals surface area contributed by atoms with Crippen LogP contribution in [0.25, 0.3) is 21.5 Å². The number of aromatic nitrogens is 1. The van der Waals surface area contributed by atoms with E-state index in [1.54, 1.807) is 0 Å². The number of hydrogen-bond acceptors (Lipinski definition) is 0. The van der Waals surface area contributed by atoms with Gasteiger partial charge in [0, 0.05) is 28.7 Å². The Bertz CT molecular complexity index is 732. The van der Waals surface area contributed by atoms with Crippen molar-refractivity contribution in [3.63, 3.8) is 0 Å². The maximum absolute atomic E-state index is 2.52. The van der Waals surface area contributed by atoms with Crippen molar-refractivity contribution in [2.24, 2.45) is 0 Å². The number of benzene rings is 2.